The Morgan fingerprint density at radius 3 is 3.15 bits per heavy atom. The minimum absolute atomic E-state index is 0.221. The van der Waals surface area contributed by atoms with Crippen molar-refractivity contribution in [3.05, 3.63) is 0 Å². The van der Waals surface area contributed by atoms with Gasteiger partial charge in [-0.25, -0.2) is 4.79 Å². The summed E-state index contributed by atoms with van der Waals surface area (Å²) in [6, 6.07) is 0.221. The number of nitrogens with one attached hydrogen (secondary N) is 1. The van der Waals surface area contributed by atoms with Gasteiger partial charge in [-0.1, -0.05) is 0 Å². The molecule has 1 aliphatic heterocycles. The quantitative estimate of drug-likeness (QED) is 0.617. The van der Waals surface area contributed by atoms with Crippen molar-refractivity contribution in [3.8, 4) is 0 Å². The Kier molecular flexibility index (Phi) is 3.98. The lowest BCUT2D eigenvalue weighted by Crippen LogP contribution is -2.37. The zero-order valence-electron chi connectivity index (χ0n) is 7.95. The summed E-state index contributed by atoms with van der Waals surface area (Å²) in [6.07, 6.45) is 0.634. The monoisotopic (exact) mass is 187 g/mol. The molecular formula is C8H17N3O2. The molecule has 0 radical (unpaired) electrons. The van der Waals surface area contributed by atoms with Crippen molar-refractivity contribution in [2.75, 3.05) is 33.3 Å². The molecule has 1 rings (SSSR count). The number of ether oxygens (including phenoxy) is 1. The van der Waals surface area contributed by atoms with Crippen molar-refractivity contribution in [3.63, 3.8) is 0 Å². The van der Waals surface area contributed by atoms with Gasteiger partial charge in [0.05, 0.1) is 7.11 Å². The van der Waals surface area contributed by atoms with Crippen LogP contribution in [0.15, 0.2) is 0 Å². The van der Waals surface area contributed by atoms with Gasteiger partial charge in [0.15, 0.2) is 0 Å². The Morgan fingerprint density at radius 2 is 2.54 bits per heavy atom. The molecule has 1 atom stereocenters. The molecule has 1 saturated heterocycles. The predicted molar refractivity (Wildman–Crippen MR) is 49.4 cm³/mol. The first-order valence-corrected chi connectivity index (χ1v) is 4.53. The van der Waals surface area contributed by atoms with Crippen LogP contribution in [0.2, 0.25) is 0 Å². The number of hydrogen-bond donors (Lipinski definition) is 2. The highest BCUT2D eigenvalue weighted by atomic mass is 16.5. The number of carbonyl (C=O) groups is 1. The van der Waals surface area contributed by atoms with Gasteiger partial charge < -0.3 is 15.8 Å². The Bertz CT molecular complexity index is 175. The Morgan fingerprint density at radius 1 is 1.77 bits per heavy atom. The molecule has 3 N–H and O–H groups in total. The summed E-state index contributed by atoms with van der Waals surface area (Å²) in [5.41, 5.74) is 5.43. The minimum atomic E-state index is -0.348. The second-order valence-corrected chi connectivity index (χ2v) is 3.21. The van der Waals surface area contributed by atoms with Crippen molar-refractivity contribution >= 4 is 6.09 Å². The van der Waals surface area contributed by atoms with Crippen LogP contribution in [0.1, 0.15) is 6.42 Å². The molecule has 0 aromatic heterocycles. The Balaban J connectivity index is 2.20. The van der Waals surface area contributed by atoms with E-state index < -0.39 is 0 Å². The maximum Gasteiger partial charge on any atom is 0.407 e. The van der Waals surface area contributed by atoms with E-state index in [0.29, 0.717) is 6.54 Å². The lowest BCUT2D eigenvalue weighted by atomic mass is 10.3. The van der Waals surface area contributed by atoms with Gasteiger partial charge in [-0.05, 0) is 6.42 Å². The van der Waals surface area contributed by atoms with Crippen molar-refractivity contribution in [1.29, 1.82) is 0 Å². The van der Waals surface area contributed by atoms with Crippen LogP contribution in [-0.2, 0) is 4.74 Å². The van der Waals surface area contributed by atoms with E-state index >= 15 is 0 Å². The van der Waals surface area contributed by atoms with E-state index in [0.717, 1.165) is 26.1 Å². The second-order valence-electron chi connectivity index (χ2n) is 3.21. The molecule has 0 spiro atoms. The number of likely N-dealkylation sites (tertiary alicyclic amines) is 1. The standard InChI is InChI=1S/C8H17N3O2/c1-13-8(12)10-7-2-4-11(6-7)5-3-9/h7H,2-6,9H2,1H3,(H,10,12). The first-order valence-electron chi connectivity index (χ1n) is 4.53. The predicted octanol–water partition coefficient (Wildman–Crippen LogP) is -0.625. The van der Waals surface area contributed by atoms with Crippen LogP contribution >= 0.6 is 0 Å². The number of methoxy groups -OCH3 is 1. The summed E-state index contributed by atoms with van der Waals surface area (Å²) in [7, 11) is 1.38. The van der Waals surface area contributed by atoms with Crippen molar-refractivity contribution in [1.82, 2.24) is 10.2 Å². The van der Waals surface area contributed by atoms with E-state index in [1.807, 2.05) is 0 Å². The highest BCUT2D eigenvalue weighted by molar-refractivity contribution is 5.67. The SMILES string of the molecule is COC(=O)NC1CCN(CCN)C1. The van der Waals surface area contributed by atoms with E-state index in [1.54, 1.807) is 0 Å². The number of amides is 1. The molecule has 1 amide bonds. The van der Waals surface area contributed by atoms with Gasteiger partial charge in [0.25, 0.3) is 0 Å². The molecule has 1 aliphatic rings. The van der Waals surface area contributed by atoms with Crippen LogP contribution in [0.5, 0.6) is 0 Å². The molecule has 1 fully saturated rings. The third-order valence-corrected chi connectivity index (χ3v) is 2.23. The number of nitrogens with two attached hydrogens (primary N) is 1. The average Bonchev–Trinajstić information content (AvgIpc) is 2.53. The van der Waals surface area contributed by atoms with Crippen LogP contribution in [0.25, 0.3) is 0 Å². The Hall–Kier alpha value is -0.810. The molecule has 5 heteroatoms. The van der Waals surface area contributed by atoms with E-state index in [4.69, 9.17) is 5.73 Å². The van der Waals surface area contributed by atoms with E-state index in [9.17, 15) is 4.79 Å². The summed E-state index contributed by atoms with van der Waals surface area (Å²) < 4.78 is 4.51. The van der Waals surface area contributed by atoms with Crippen LogP contribution < -0.4 is 11.1 Å². The van der Waals surface area contributed by atoms with E-state index in [1.165, 1.54) is 7.11 Å². The maximum absolute atomic E-state index is 10.9. The molecule has 13 heavy (non-hydrogen) atoms. The first kappa shape index (κ1) is 10.3. The maximum atomic E-state index is 10.9. The fourth-order valence-electron chi connectivity index (χ4n) is 1.56. The van der Waals surface area contributed by atoms with Crippen LogP contribution in [0.3, 0.4) is 0 Å². The zero-order valence-corrected chi connectivity index (χ0v) is 7.95. The number of nitrogens with zero attached hydrogens (tertiary/aromatic N) is 1. The van der Waals surface area contributed by atoms with Gasteiger partial charge >= 0.3 is 6.09 Å². The van der Waals surface area contributed by atoms with Gasteiger partial charge in [0.2, 0.25) is 0 Å². The molecule has 1 heterocycles. The van der Waals surface area contributed by atoms with Crippen LogP contribution in [0, 0.1) is 0 Å². The van der Waals surface area contributed by atoms with E-state index in [-0.39, 0.29) is 12.1 Å². The van der Waals surface area contributed by atoms with Gasteiger partial charge in [-0.3, -0.25) is 4.90 Å². The van der Waals surface area contributed by atoms with Gasteiger partial charge in [0.1, 0.15) is 0 Å². The number of rotatable bonds is 3. The summed E-state index contributed by atoms with van der Waals surface area (Å²) in [5, 5.41) is 2.77. The molecule has 76 valence electrons. The summed E-state index contributed by atoms with van der Waals surface area (Å²) in [4.78, 5) is 13.1. The average molecular weight is 187 g/mol. The fourth-order valence-corrected chi connectivity index (χ4v) is 1.56. The van der Waals surface area contributed by atoms with Gasteiger partial charge in [-0.2, -0.15) is 0 Å². The van der Waals surface area contributed by atoms with Gasteiger partial charge in [-0.15, -0.1) is 0 Å². The fraction of sp³-hybridized carbons (Fsp3) is 0.875. The van der Waals surface area contributed by atoms with E-state index in [2.05, 4.69) is 15.0 Å². The number of alkyl carbamates (subject to hydrolysis) is 1. The third kappa shape index (κ3) is 3.20. The molecule has 1 unspecified atom stereocenters. The summed E-state index contributed by atoms with van der Waals surface area (Å²) in [6.45, 7) is 3.46. The summed E-state index contributed by atoms with van der Waals surface area (Å²) in [5.74, 6) is 0. The molecule has 0 aliphatic carbocycles. The molecule has 0 saturated carbocycles. The highest BCUT2D eigenvalue weighted by Gasteiger charge is 2.22. The topological polar surface area (TPSA) is 67.6 Å². The molecule has 0 aromatic carbocycles. The van der Waals surface area contributed by atoms with Crippen molar-refractivity contribution < 1.29 is 9.53 Å². The Labute approximate surface area is 78.2 Å². The number of hydrogen-bond acceptors (Lipinski definition) is 4. The zero-order chi connectivity index (χ0) is 9.68. The minimum Gasteiger partial charge on any atom is -0.453 e. The second kappa shape index (κ2) is 5.04. The largest absolute Gasteiger partial charge is 0.453 e. The molecule has 5 nitrogen and oxygen atoms in total. The van der Waals surface area contributed by atoms with Crippen molar-refractivity contribution in [2.24, 2.45) is 5.73 Å². The lowest BCUT2D eigenvalue weighted by molar-refractivity contribution is 0.166. The highest BCUT2D eigenvalue weighted by Crippen LogP contribution is 2.07. The molecule has 0 bridgehead atoms. The summed E-state index contributed by atoms with van der Waals surface area (Å²) >= 11 is 0. The smallest absolute Gasteiger partial charge is 0.407 e. The van der Waals surface area contributed by atoms with Crippen LogP contribution in [-0.4, -0.2) is 50.3 Å². The van der Waals surface area contributed by atoms with Gasteiger partial charge in [0, 0.05) is 32.2 Å². The first-order chi connectivity index (χ1) is 6.26. The molecular weight excluding hydrogens is 170 g/mol. The lowest BCUT2D eigenvalue weighted by Gasteiger charge is -2.14. The third-order valence-electron chi connectivity index (χ3n) is 2.23. The van der Waals surface area contributed by atoms with Crippen molar-refractivity contribution in [2.45, 2.75) is 12.5 Å². The van der Waals surface area contributed by atoms with Crippen LogP contribution in [0.4, 0.5) is 4.79 Å². The number of carbonyl (C=O) groups excluding carboxylic acids is 1. The normalized spacial score (nSPS) is 23.1. The molecule has 0 aromatic rings.